The molecule has 0 amide bonds. The topological polar surface area (TPSA) is 64.5 Å². The van der Waals surface area contributed by atoms with Crippen molar-refractivity contribution < 1.29 is 9.15 Å². The maximum absolute atomic E-state index is 5.98. The molecule has 1 aromatic heterocycles. The Kier molecular flexibility index (Phi) is 5.74. The summed E-state index contributed by atoms with van der Waals surface area (Å²) in [6, 6.07) is 17.6. The standard InChI is InChI=1S/C23H27N3O2/c1-17-22(16-26-12-6-7-18(14-24)15-26)25-23(27-17)19-8-5-11-21(13-19)28-20-9-3-2-4-10-20/h2-5,8-11,13,18H,6-7,12,14-16,24H2,1H3/t18-/m1/s1. The number of oxazole rings is 1. The Hall–Kier alpha value is -2.63. The van der Waals surface area contributed by atoms with Crippen molar-refractivity contribution in [1.29, 1.82) is 0 Å². The second-order valence-electron chi connectivity index (χ2n) is 7.44. The number of nitrogens with zero attached hydrogens (tertiary/aromatic N) is 2. The Morgan fingerprint density at radius 2 is 1.96 bits per heavy atom. The lowest BCUT2D eigenvalue weighted by atomic mass is 9.98. The van der Waals surface area contributed by atoms with Gasteiger partial charge in [0.2, 0.25) is 5.89 Å². The van der Waals surface area contributed by atoms with E-state index in [1.54, 1.807) is 0 Å². The Labute approximate surface area is 166 Å². The smallest absolute Gasteiger partial charge is 0.226 e. The lowest BCUT2D eigenvalue weighted by Gasteiger charge is -2.31. The van der Waals surface area contributed by atoms with Crippen LogP contribution >= 0.6 is 0 Å². The van der Waals surface area contributed by atoms with Crippen LogP contribution < -0.4 is 10.5 Å². The van der Waals surface area contributed by atoms with E-state index in [1.165, 1.54) is 12.8 Å². The summed E-state index contributed by atoms with van der Waals surface area (Å²) in [5.41, 5.74) is 7.79. The molecule has 5 heteroatoms. The van der Waals surface area contributed by atoms with Crippen LogP contribution in [0.1, 0.15) is 24.3 Å². The van der Waals surface area contributed by atoms with Crippen LogP contribution in [0.5, 0.6) is 11.5 Å². The molecule has 0 spiro atoms. The van der Waals surface area contributed by atoms with Crippen LogP contribution in [0.15, 0.2) is 59.0 Å². The summed E-state index contributed by atoms with van der Waals surface area (Å²) in [7, 11) is 0. The number of aromatic nitrogens is 1. The first kappa shape index (κ1) is 18.7. The number of likely N-dealkylation sites (tertiary alicyclic amines) is 1. The fourth-order valence-corrected chi connectivity index (χ4v) is 3.71. The maximum Gasteiger partial charge on any atom is 0.226 e. The summed E-state index contributed by atoms with van der Waals surface area (Å²) in [6.07, 6.45) is 2.43. The summed E-state index contributed by atoms with van der Waals surface area (Å²) in [5, 5.41) is 0. The highest BCUT2D eigenvalue weighted by Gasteiger charge is 2.21. The first-order chi connectivity index (χ1) is 13.7. The van der Waals surface area contributed by atoms with Gasteiger partial charge in [-0.1, -0.05) is 24.3 Å². The predicted octanol–water partition coefficient (Wildman–Crippen LogP) is 4.61. The second kappa shape index (κ2) is 8.59. The van der Waals surface area contributed by atoms with Gasteiger partial charge in [-0.25, -0.2) is 4.98 Å². The molecule has 1 fully saturated rings. The summed E-state index contributed by atoms with van der Waals surface area (Å²) in [6.45, 7) is 5.69. The molecule has 146 valence electrons. The average Bonchev–Trinajstić information content (AvgIpc) is 3.09. The molecule has 2 aromatic carbocycles. The molecule has 0 bridgehead atoms. The number of benzene rings is 2. The molecule has 4 rings (SSSR count). The van der Waals surface area contributed by atoms with E-state index < -0.39 is 0 Å². The largest absolute Gasteiger partial charge is 0.457 e. The number of para-hydroxylation sites is 1. The maximum atomic E-state index is 5.98. The Morgan fingerprint density at radius 3 is 2.79 bits per heavy atom. The van der Waals surface area contributed by atoms with Crippen molar-refractivity contribution in [1.82, 2.24) is 9.88 Å². The van der Waals surface area contributed by atoms with Gasteiger partial charge in [0.15, 0.2) is 0 Å². The van der Waals surface area contributed by atoms with Gasteiger partial charge in [-0.2, -0.15) is 0 Å². The molecule has 1 saturated heterocycles. The molecule has 0 saturated carbocycles. The van der Waals surface area contributed by atoms with Crippen molar-refractivity contribution >= 4 is 0 Å². The number of piperidine rings is 1. The molecular formula is C23H27N3O2. The third-order valence-corrected chi connectivity index (χ3v) is 5.26. The first-order valence-electron chi connectivity index (χ1n) is 9.93. The van der Waals surface area contributed by atoms with Crippen LogP contribution in [-0.2, 0) is 6.54 Å². The Balaban J connectivity index is 1.49. The summed E-state index contributed by atoms with van der Waals surface area (Å²) in [4.78, 5) is 7.21. The third-order valence-electron chi connectivity index (χ3n) is 5.26. The van der Waals surface area contributed by atoms with Gasteiger partial charge in [-0.15, -0.1) is 0 Å². The molecule has 0 aliphatic carbocycles. The quantitative estimate of drug-likeness (QED) is 0.679. The van der Waals surface area contributed by atoms with Crippen LogP contribution in [-0.4, -0.2) is 29.5 Å². The van der Waals surface area contributed by atoms with E-state index in [9.17, 15) is 0 Å². The van der Waals surface area contributed by atoms with E-state index in [0.29, 0.717) is 11.8 Å². The number of ether oxygens (including phenoxy) is 1. The molecule has 1 atom stereocenters. The van der Waals surface area contributed by atoms with Crippen LogP contribution in [0.2, 0.25) is 0 Å². The van der Waals surface area contributed by atoms with Gasteiger partial charge >= 0.3 is 0 Å². The zero-order chi connectivity index (χ0) is 19.3. The van der Waals surface area contributed by atoms with Gasteiger partial charge in [-0.05, 0) is 69.1 Å². The monoisotopic (exact) mass is 377 g/mol. The molecule has 5 nitrogen and oxygen atoms in total. The number of rotatable bonds is 6. The minimum atomic E-state index is 0.590. The zero-order valence-electron chi connectivity index (χ0n) is 16.3. The lowest BCUT2D eigenvalue weighted by molar-refractivity contribution is 0.169. The molecule has 2 heterocycles. The molecule has 3 aromatic rings. The number of hydrogen-bond donors (Lipinski definition) is 1. The normalized spacial score (nSPS) is 17.6. The van der Waals surface area contributed by atoms with Gasteiger partial charge in [0.25, 0.3) is 0 Å². The van der Waals surface area contributed by atoms with E-state index in [0.717, 1.165) is 54.7 Å². The molecular weight excluding hydrogens is 350 g/mol. The van der Waals surface area contributed by atoms with Crippen LogP contribution in [0.4, 0.5) is 0 Å². The minimum Gasteiger partial charge on any atom is -0.457 e. The van der Waals surface area contributed by atoms with E-state index in [1.807, 2.05) is 61.5 Å². The van der Waals surface area contributed by atoms with Gasteiger partial charge in [0.1, 0.15) is 17.3 Å². The van der Waals surface area contributed by atoms with Gasteiger partial charge in [0.05, 0.1) is 5.69 Å². The molecule has 1 aliphatic heterocycles. The zero-order valence-corrected chi connectivity index (χ0v) is 16.3. The molecule has 0 unspecified atom stereocenters. The lowest BCUT2D eigenvalue weighted by Crippen LogP contribution is -2.38. The van der Waals surface area contributed by atoms with E-state index >= 15 is 0 Å². The fourth-order valence-electron chi connectivity index (χ4n) is 3.71. The van der Waals surface area contributed by atoms with Crippen molar-refractivity contribution in [3.05, 3.63) is 66.1 Å². The number of nitrogens with two attached hydrogens (primary N) is 1. The van der Waals surface area contributed by atoms with Crippen molar-refractivity contribution in [2.45, 2.75) is 26.3 Å². The summed E-state index contributed by atoms with van der Waals surface area (Å²) < 4.78 is 11.9. The van der Waals surface area contributed by atoms with E-state index in [2.05, 4.69) is 4.90 Å². The molecule has 28 heavy (non-hydrogen) atoms. The van der Waals surface area contributed by atoms with Crippen molar-refractivity contribution in [3.8, 4) is 23.0 Å². The number of hydrogen-bond acceptors (Lipinski definition) is 5. The van der Waals surface area contributed by atoms with E-state index in [-0.39, 0.29) is 0 Å². The molecule has 1 aliphatic rings. The Morgan fingerprint density at radius 1 is 1.14 bits per heavy atom. The first-order valence-corrected chi connectivity index (χ1v) is 9.93. The molecule has 2 N–H and O–H groups in total. The highest BCUT2D eigenvalue weighted by Crippen LogP contribution is 2.29. The Bertz CT molecular complexity index is 907. The summed E-state index contributed by atoms with van der Waals surface area (Å²) >= 11 is 0. The van der Waals surface area contributed by atoms with E-state index in [4.69, 9.17) is 19.9 Å². The van der Waals surface area contributed by atoms with Crippen molar-refractivity contribution in [2.24, 2.45) is 11.7 Å². The average molecular weight is 377 g/mol. The minimum absolute atomic E-state index is 0.590. The highest BCUT2D eigenvalue weighted by atomic mass is 16.5. The SMILES string of the molecule is Cc1oc(-c2cccc(Oc3ccccc3)c2)nc1CN1CCC[C@H](CN)C1. The summed E-state index contributed by atoms with van der Waals surface area (Å²) in [5.74, 6) is 3.68. The van der Waals surface area contributed by atoms with Gasteiger partial charge in [-0.3, -0.25) is 4.90 Å². The van der Waals surface area contributed by atoms with Gasteiger partial charge < -0.3 is 14.9 Å². The predicted molar refractivity (Wildman–Crippen MR) is 110 cm³/mol. The highest BCUT2D eigenvalue weighted by molar-refractivity contribution is 5.57. The second-order valence-corrected chi connectivity index (χ2v) is 7.44. The van der Waals surface area contributed by atoms with Crippen molar-refractivity contribution in [2.75, 3.05) is 19.6 Å². The third kappa shape index (κ3) is 4.43. The van der Waals surface area contributed by atoms with Crippen LogP contribution in [0.3, 0.4) is 0 Å². The molecule has 0 radical (unpaired) electrons. The van der Waals surface area contributed by atoms with Crippen molar-refractivity contribution in [3.63, 3.8) is 0 Å². The fraction of sp³-hybridized carbons (Fsp3) is 0.348. The number of aryl methyl sites for hydroxylation is 1. The van der Waals surface area contributed by atoms with Gasteiger partial charge in [0, 0.05) is 18.7 Å². The van der Waals surface area contributed by atoms with Crippen LogP contribution in [0.25, 0.3) is 11.5 Å². The van der Waals surface area contributed by atoms with Crippen LogP contribution in [0, 0.1) is 12.8 Å².